The molecule has 0 radical (unpaired) electrons. The van der Waals surface area contributed by atoms with Gasteiger partial charge in [-0.05, 0) is 31.0 Å². The van der Waals surface area contributed by atoms with E-state index in [1.54, 1.807) is 0 Å². The van der Waals surface area contributed by atoms with Gasteiger partial charge in [0, 0.05) is 5.92 Å². The predicted molar refractivity (Wildman–Crippen MR) is 71.6 cm³/mol. The second-order valence-corrected chi connectivity index (χ2v) is 6.50. The van der Waals surface area contributed by atoms with Crippen LogP contribution < -0.4 is 5.32 Å². The molecule has 0 amide bonds. The van der Waals surface area contributed by atoms with Gasteiger partial charge < -0.3 is 5.32 Å². The summed E-state index contributed by atoms with van der Waals surface area (Å²) in [7, 11) is -3.96. The van der Waals surface area contributed by atoms with Crippen LogP contribution in [0, 0.1) is 5.92 Å². The van der Waals surface area contributed by atoms with Crippen LogP contribution >= 0.6 is 0 Å². The standard InChI is InChI=1S/C13H11F3N2O2S/c14-13(15,16)9-5-6-11-10(7-9)17-12(18-21(11,19)20)8-3-1-2-4-8/h1-2,5-8H,3-4H2,(H,17,18). The van der Waals surface area contributed by atoms with Crippen LogP contribution in [0.2, 0.25) is 0 Å². The van der Waals surface area contributed by atoms with E-state index in [4.69, 9.17) is 0 Å². The Balaban J connectivity index is 2.04. The molecule has 1 N–H and O–H groups in total. The van der Waals surface area contributed by atoms with Crippen LogP contribution in [0.3, 0.4) is 0 Å². The van der Waals surface area contributed by atoms with Crippen LogP contribution in [0.5, 0.6) is 0 Å². The zero-order chi connectivity index (χ0) is 15.3. The molecule has 1 aliphatic carbocycles. The summed E-state index contributed by atoms with van der Waals surface area (Å²) in [5.41, 5.74) is -0.962. The molecule has 0 spiro atoms. The van der Waals surface area contributed by atoms with Crippen LogP contribution in [0.25, 0.3) is 0 Å². The molecule has 0 aromatic heterocycles. The summed E-state index contributed by atoms with van der Waals surface area (Å²) >= 11 is 0. The summed E-state index contributed by atoms with van der Waals surface area (Å²) < 4.78 is 66.0. The van der Waals surface area contributed by atoms with Crippen molar-refractivity contribution < 1.29 is 21.6 Å². The summed E-state index contributed by atoms with van der Waals surface area (Å²) in [6, 6.07) is 2.49. The Bertz CT molecular complexity index is 743. The number of amidine groups is 1. The molecule has 1 aromatic rings. The fourth-order valence-electron chi connectivity index (χ4n) is 2.39. The molecule has 0 atom stereocenters. The van der Waals surface area contributed by atoms with Gasteiger partial charge in [-0.25, -0.2) is 0 Å². The molecule has 112 valence electrons. The van der Waals surface area contributed by atoms with Crippen molar-refractivity contribution in [2.75, 3.05) is 5.32 Å². The lowest BCUT2D eigenvalue weighted by Crippen LogP contribution is -2.27. The number of rotatable bonds is 1. The molecule has 4 nitrogen and oxygen atoms in total. The average molecular weight is 316 g/mol. The van der Waals surface area contributed by atoms with E-state index in [2.05, 4.69) is 9.71 Å². The summed E-state index contributed by atoms with van der Waals surface area (Å²) in [6.45, 7) is 0. The second kappa shape index (κ2) is 4.59. The number of hydrogen-bond donors (Lipinski definition) is 1. The minimum Gasteiger partial charge on any atom is -0.342 e. The predicted octanol–water partition coefficient (Wildman–Crippen LogP) is 3.18. The minimum absolute atomic E-state index is 0.0678. The van der Waals surface area contributed by atoms with Crippen molar-refractivity contribution >= 4 is 21.5 Å². The fraction of sp³-hybridized carbons (Fsp3) is 0.308. The number of fused-ring (bicyclic) bond motifs is 1. The van der Waals surface area contributed by atoms with E-state index < -0.39 is 21.8 Å². The van der Waals surface area contributed by atoms with Crippen molar-refractivity contribution in [1.29, 1.82) is 0 Å². The third-order valence-corrected chi connectivity index (χ3v) is 4.81. The number of sulfonamides is 1. The maximum Gasteiger partial charge on any atom is 0.416 e. The average Bonchev–Trinajstić information content (AvgIpc) is 2.90. The number of anilines is 1. The van der Waals surface area contributed by atoms with Gasteiger partial charge in [0.05, 0.1) is 11.3 Å². The van der Waals surface area contributed by atoms with Crippen molar-refractivity contribution in [3.63, 3.8) is 0 Å². The highest BCUT2D eigenvalue weighted by atomic mass is 32.2. The first-order valence-corrected chi connectivity index (χ1v) is 7.69. The van der Waals surface area contributed by atoms with Crippen molar-refractivity contribution in [2.45, 2.75) is 23.9 Å². The molecule has 0 fully saturated rings. The molecule has 8 heteroatoms. The minimum atomic E-state index is -4.52. The first-order chi connectivity index (χ1) is 9.77. The van der Waals surface area contributed by atoms with Gasteiger partial charge in [0.25, 0.3) is 10.0 Å². The summed E-state index contributed by atoms with van der Waals surface area (Å²) in [5, 5.41) is 2.74. The second-order valence-electron chi connectivity index (χ2n) is 4.93. The molecule has 21 heavy (non-hydrogen) atoms. The molecular weight excluding hydrogens is 305 g/mol. The number of nitrogens with zero attached hydrogens (tertiary/aromatic N) is 1. The lowest BCUT2D eigenvalue weighted by atomic mass is 10.1. The molecule has 0 bridgehead atoms. The van der Waals surface area contributed by atoms with Crippen LogP contribution in [-0.2, 0) is 16.2 Å². The van der Waals surface area contributed by atoms with E-state index in [1.165, 1.54) is 0 Å². The van der Waals surface area contributed by atoms with E-state index >= 15 is 0 Å². The zero-order valence-electron chi connectivity index (χ0n) is 10.7. The molecule has 0 saturated carbocycles. The van der Waals surface area contributed by atoms with Crippen LogP contribution in [0.1, 0.15) is 18.4 Å². The Hall–Kier alpha value is -1.83. The number of hydrogen-bond acceptors (Lipinski definition) is 3. The van der Waals surface area contributed by atoms with Gasteiger partial charge in [-0.3, -0.25) is 0 Å². The van der Waals surface area contributed by atoms with Gasteiger partial charge in [0.1, 0.15) is 10.7 Å². The summed E-state index contributed by atoms with van der Waals surface area (Å²) in [6.07, 6.45) is 0.502. The van der Waals surface area contributed by atoms with Crippen molar-refractivity contribution in [1.82, 2.24) is 0 Å². The number of alkyl halides is 3. The maximum absolute atomic E-state index is 12.7. The SMILES string of the molecule is O=S1(=O)N=C(C2CC=CC2)Nc2cc(C(F)(F)F)ccc21. The summed E-state index contributed by atoms with van der Waals surface area (Å²) in [5.74, 6) is 0.0642. The molecule has 1 aliphatic heterocycles. The largest absolute Gasteiger partial charge is 0.416 e. The normalized spacial score (nSPS) is 20.8. The maximum atomic E-state index is 12.7. The molecule has 0 unspecified atom stereocenters. The molecule has 3 rings (SSSR count). The zero-order valence-corrected chi connectivity index (χ0v) is 11.5. The van der Waals surface area contributed by atoms with Gasteiger partial charge in [0.2, 0.25) is 0 Å². The molecule has 1 heterocycles. The molecule has 0 saturated heterocycles. The van der Waals surface area contributed by atoms with Crippen molar-refractivity contribution in [2.24, 2.45) is 10.3 Å². The van der Waals surface area contributed by atoms with E-state index in [-0.39, 0.29) is 22.3 Å². The van der Waals surface area contributed by atoms with E-state index in [0.29, 0.717) is 12.8 Å². The quantitative estimate of drug-likeness (QED) is 0.810. The van der Waals surface area contributed by atoms with Crippen LogP contribution in [0.4, 0.5) is 18.9 Å². The fourth-order valence-corrected chi connectivity index (χ4v) is 3.57. The lowest BCUT2D eigenvalue weighted by Gasteiger charge is -2.22. The van der Waals surface area contributed by atoms with Gasteiger partial charge in [0.15, 0.2) is 0 Å². The van der Waals surface area contributed by atoms with Gasteiger partial charge in [-0.15, -0.1) is 4.40 Å². The first kappa shape index (κ1) is 14.1. The Labute approximate surface area is 119 Å². The highest BCUT2D eigenvalue weighted by Gasteiger charge is 2.34. The molecule has 1 aromatic carbocycles. The van der Waals surface area contributed by atoms with Crippen molar-refractivity contribution in [3.8, 4) is 0 Å². The van der Waals surface area contributed by atoms with Crippen LogP contribution in [-0.4, -0.2) is 14.3 Å². The monoisotopic (exact) mass is 316 g/mol. The van der Waals surface area contributed by atoms with Gasteiger partial charge in [-0.1, -0.05) is 12.2 Å². The van der Waals surface area contributed by atoms with Crippen molar-refractivity contribution in [3.05, 3.63) is 35.9 Å². The van der Waals surface area contributed by atoms with Crippen LogP contribution in [0.15, 0.2) is 39.6 Å². The summed E-state index contributed by atoms with van der Waals surface area (Å²) in [4.78, 5) is -0.231. The lowest BCUT2D eigenvalue weighted by molar-refractivity contribution is -0.137. The number of halogens is 3. The Morgan fingerprint density at radius 2 is 1.86 bits per heavy atom. The third kappa shape index (κ3) is 2.55. The number of nitrogens with one attached hydrogen (secondary N) is 1. The van der Waals surface area contributed by atoms with Gasteiger partial charge in [-0.2, -0.15) is 21.6 Å². The highest BCUT2D eigenvalue weighted by Crippen LogP contribution is 2.36. The topological polar surface area (TPSA) is 58.5 Å². The smallest absolute Gasteiger partial charge is 0.342 e. The van der Waals surface area contributed by atoms with Gasteiger partial charge >= 0.3 is 6.18 Å². The Kier molecular flexibility index (Phi) is 3.09. The van der Waals surface area contributed by atoms with E-state index in [0.717, 1.165) is 18.2 Å². The Morgan fingerprint density at radius 1 is 1.19 bits per heavy atom. The Morgan fingerprint density at radius 3 is 2.48 bits per heavy atom. The highest BCUT2D eigenvalue weighted by molar-refractivity contribution is 7.90. The molecule has 2 aliphatic rings. The molecular formula is C13H11F3N2O2S. The first-order valence-electron chi connectivity index (χ1n) is 6.25. The number of benzene rings is 1. The van der Waals surface area contributed by atoms with E-state index in [1.807, 2.05) is 12.2 Å². The third-order valence-electron chi connectivity index (χ3n) is 3.46. The van der Waals surface area contributed by atoms with E-state index in [9.17, 15) is 21.6 Å². The number of allylic oxidation sites excluding steroid dienone is 2.